The van der Waals surface area contributed by atoms with E-state index in [-0.39, 0.29) is 18.1 Å². The van der Waals surface area contributed by atoms with Gasteiger partial charge in [-0.05, 0) is 23.8 Å². The molecule has 0 radical (unpaired) electrons. The van der Waals surface area contributed by atoms with Crippen LogP contribution in [0.3, 0.4) is 0 Å². The predicted molar refractivity (Wildman–Crippen MR) is 109 cm³/mol. The van der Waals surface area contributed by atoms with Crippen LogP contribution in [0, 0.1) is 10.1 Å². The Bertz CT molecular complexity index is 1050. The lowest BCUT2D eigenvalue weighted by molar-refractivity contribution is -0.402. The number of hydrogen-bond donors (Lipinski definition) is 2. The van der Waals surface area contributed by atoms with Crippen LogP contribution in [0.4, 0.5) is 5.88 Å². The maximum absolute atomic E-state index is 12.5. The normalized spacial score (nSPS) is 11.7. The van der Waals surface area contributed by atoms with Crippen molar-refractivity contribution in [3.05, 3.63) is 99.8 Å². The molecule has 0 aliphatic carbocycles. The molecule has 0 spiro atoms. The van der Waals surface area contributed by atoms with Crippen molar-refractivity contribution < 1.29 is 18.9 Å². The lowest BCUT2D eigenvalue weighted by Gasteiger charge is -2.18. The first-order valence-electron chi connectivity index (χ1n) is 9.00. The SMILES string of the molecule is O=C(C[C@@H](NC(=O)c1ccccc1)c1ccccc1)N/N=C\c1ccc([N+](=O)[O-])o1. The number of furan rings is 1. The summed E-state index contributed by atoms with van der Waals surface area (Å²) in [5.74, 6) is -1.05. The maximum Gasteiger partial charge on any atom is 0.433 e. The van der Waals surface area contributed by atoms with Crippen molar-refractivity contribution in [3.63, 3.8) is 0 Å². The molecule has 30 heavy (non-hydrogen) atoms. The summed E-state index contributed by atoms with van der Waals surface area (Å²) < 4.78 is 4.92. The molecule has 3 rings (SSSR count). The average molecular weight is 406 g/mol. The van der Waals surface area contributed by atoms with Gasteiger partial charge < -0.3 is 9.73 Å². The van der Waals surface area contributed by atoms with E-state index in [1.165, 1.54) is 12.1 Å². The van der Waals surface area contributed by atoms with Crippen LogP contribution in [0.15, 0.2) is 82.3 Å². The van der Waals surface area contributed by atoms with Crippen molar-refractivity contribution in [2.24, 2.45) is 5.10 Å². The Kier molecular flexibility index (Phi) is 6.67. The molecule has 1 heterocycles. The van der Waals surface area contributed by atoms with Crippen molar-refractivity contribution in [1.29, 1.82) is 0 Å². The number of nitrogens with zero attached hydrogens (tertiary/aromatic N) is 2. The maximum atomic E-state index is 12.5. The lowest BCUT2D eigenvalue weighted by Crippen LogP contribution is -2.32. The van der Waals surface area contributed by atoms with Gasteiger partial charge in [-0.15, -0.1) is 0 Å². The van der Waals surface area contributed by atoms with Crippen LogP contribution in [0.25, 0.3) is 0 Å². The number of carbonyl (C=O) groups is 2. The van der Waals surface area contributed by atoms with Crippen LogP contribution in [-0.4, -0.2) is 23.0 Å². The zero-order chi connectivity index (χ0) is 21.3. The molecule has 3 aromatic rings. The van der Waals surface area contributed by atoms with Crippen molar-refractivity contribution >= 4 is 23.9 Å². The molecule has 1 aromatic heterocycles. The highest BCUT2D eigenvalue weighted by molar-refractivity contribution is 5.94. The largest absolute Gasteiger partial charge is 0.433 e. The number of rotatable bonds is 8. The Morgan fingerprint density at radius 3 is 2.33 bits per heavy atom. The molecule has 2 amide bonds. The van der Waals surface area contributed by atoms with Gasteiger partial charge in [-0.25, -0.2) is 5.43 Å². The van der Waals surface area contributed by atoms with Gasteiger partial charge in [-0.3, -0.25) is 19.7 Å². The van der Waals surface area contributed by atoms with Crippen LogP contribution in [0.2, 0.25) is 0 Å². The molecule has 2 N–H and O–H groups in total. The van der Waals surface area contributed by atoms with Gasteiger partial charge in [0.15, 0.2) is 5.76 Å². The van der Waals surface area contributed by atoms with E-state index < -0.39 is 22.8 Å². The van der Waals surface area contributed by atoms with E-state index in [0.717, 1.165) is 11.8 Å². The van der Waals surface area contributed by atoms with E-state index >= 15 is 0 Å². The van der Waals surface area contributed by atoms with E-state index in [1.54, 1.807) is 24.3 Å². The molecule has 0 bridgehead atoms. The van der Waals surface area contributed by atoms with Gasteiger partial charge in [0, 0.05) is 5.56 Å². The third kappa shape index (κ3) is 5.61. The predicted octanol–water partition coefficient (Wildman–Crippen LogP) is 3.20. The number of hydrogen-bond acceptors (Lipinski definition) is 6. The monoisotopic (exact) mass is 406 g/mol. The number of nitro groups is 1. The van der Waals surface area contributed by atoms with Gasteiger partial charge in [-0.2, -0.15) is 5.10 Å². The van der Waals surface area contributed by atoms with E-state index in [0.29, 0.717) is 5.56 Å². The summed E-state index contributed by atoms with van der Waals surface area (Å²) in [4.78, 5) is 34.8. The van der Waals surface area contributed by atoms with Gasteiger partial charge in [0.25, 0.3) is 5.91 Å². The Morgan fingerprint density at radius 1 is 1.03 bits per heavy atom. The minimum Gasteiger partial charge on any atom is -0.400 e. The Morgan fingerprint density at radius 2 is 1.70 bits per heavy atom. The van der Waals surface area contributed by atoms with Gasteiger partial charge >= 0.3 is 5.88 Å². The van der Waals surface area contributed by atoms with Crippen molar-refractivity contribution in [2.45, 2.75) is 12.5 Å². The fraction of sp³-hybridized carbons (Fsp3) is 0.0952. The topological polar surface area (TPSA) is 127 Å². The zero-order valence-electron chi connectivity index (χ0n) is 15.7. The lowest BCUT2D eigenvalue weighted by atomic mass is 10.0. The highest BCUT2D eigenvalue weighted by Gasteiger charge is 2.19. The fourth-order valence-corrected chi connectivity index (χ4v) is 2.68. The number of benzene rings is 2. The van der Waals surface area contributed by atoms with E-state index in [4.69, 9.17) is 4.42 Å². The Balaban J connectivity index is 1.65. The number of nitrogens with one attached hydrogen (secondary N) is 2. The second-order valence-electron chi connectivity index (χ2n) is 6.23. The molecule has 2 aromatic carbocycles. The summed E-state index contributed by atoms with van der Waals surface area (Å²) in [7, 11) is 0. The second-order valence-corrected chi connectivity index (χ2v) is 6.23. The summed E-state index contributed by atoms with van der Waals surface area (Å²) in [5.41, 5.74) is 3.58. The summed E-state index contributed by atoms with van der Waals surface area (Å²) in [6.45, 7) is 0. The summed E-state index contributed by atoms with van der Waals surface area (Å²) in [6, 6.07) is 19.8. The number of carbonyl (C=O) groups excluding carboxylic acids is 2. The molecule has 1 atom stereocenters. The van der Waals surface area contributed by atoms with E-state index in [2.05, 4.69) is 15.8 Å². The molecule has 9 nitrogen and oxygen atoms in total. The van der Waals surface area contributed by atoms with Gasteiger partial charge in [0.2, 0.25) is 5.91 Å². The van der Waals surface area contributed by atoms with Crippen LogP contribution < -0.4 is 10.7 Å². The van der Waals surface area contributed by atoms with Crippen LogP contribution in [0.5, 0.6) is 0 Å². The molecule has 0 saturated heterocycles. The Hall–Kier alpha value is -4.27. The van der Waals surface area contributed by atoms with Gasteiger partial charge in [-0.1, -0.05) is 48.5 Å². The zero-order valence-corrected chi connectivity index (χ0v) is 15.7. The first kappa shape index (κ1) is 20.5. The van der Waals surface area contributed by atoms with Crippen molar-refractivity contribution in [1.82, 2.24) is 10.7 Å². The standard InChI is InChI=1S/C21H18N4O5/c26-19(24-22-14-17-11-12-20(30-17)25(28)29)13-18(15-7-3-1-4-8-15)23-21(27)16-9-5-2-6-10-16/h1-12,14,18H,13H2,(H,23,27)(H,24,26)/b22-14-/t18-/m1/s1. The smallest absolute Gasteiger partial charge is 0.400 e. The summed E-state index contributed by atoms with van der Waals surface area (Å²) >= 11 is 0. The van der Waals surface area contributed by atoms with Crippen LogP contribution in [0.1, 0.15) is 34.1 Å². The number of amides is 2. The molecule has 0 aliphatic rings. The first-order valence-corrected chi connectivity index (χ1v) is 9.00. The summed E-state index contributed by atoms with van der Waals surface area (Å²) in [6.07, 6.45) is 1.10. The van der Waals surface area contributed by atoms with Crippen molar-refractivity contribution in [2.75, 3.05) is 0 Å². The molecule has 0 fully saturated rings. The third-order valence-corrected chi connectivity index (χ3v) is 4.11. The number of hydrazone groups is 1. The van der Waals surface area contributed by atoms with E-state index in [1.807, 2.05) is 36.4 Å². The minimum atomic E-state index is -0.671. The highest BCUT2D eigenvalue weighted by atomic mass is 16.6. The molecule has 0 saturated carbocycles. The molecule has 9 heteroatoms. The van der Waals surface area contributed by atoms with E-state index in [9.17, 15) is 19.7 Å². The average Bonchev–Trinajstić information content (AvgIpc) is 3.24. The molecule has 0 aliphatic heterocycles. The second kappa shape index (κ2) is 9.78. The third-order valence-electron chi connectivity index (χ3n) is 4.11. The quantitative estimate of drug-likeness (QED) is 0.337. The van der Waals surface area contributed by atoms with Gasteiger partial charge in [0.05, 0.1) is 24.7 Å². The Labute approximate surface area is 171 Å². The minimum absolute atomic E-state index is 0.0573. The molecular weight excluding hydrogens is 388 g/mol. The van der Waals surface area contributed by atoms with Gasteiger partial charge in [0.1, 0.15) is 4.92 Å². The van der Waals surface area contributed by atoms with Crippen LogP contribution in [-0.2, 0) is 4.79 Å². The molecule has 0 unspecified atom stereocenters. The fourth-order valence-electron chi connectivity index (χ4n) is 2.68. The molecule has 152 valence electrons. The molecular formula is C21H18N4O5. The highest BCUT2D eigenvalue weighted by Crippen LogP contribution is 2.18. The first-order chi connectivity index (χ1) is 14.5. The summed E-state index contributed by atoms with van der Waals surface area (Å²) in [5, 5.41) is 17.2. The van der Waals surface area contributed by atoms with Crippen molar-refractivity contribution in [3.8, 4) is 0 Å². The van der Waals surface area contributed by atoms with Crippen LogP contribution >= 0.6 is 0 Å².